The van der Waals surface area contributed by atoms with Gasteiger partial charge in [0.15, 0.2) is 0 Å². The minimum absolute atomic E-state index is 0.156. The first-order valence-corrected chi connectivity index (χ1v) is 6.83. The summed E-state index contributed by atoms with van der Waals surface area (Å²) in [7, 11) is 4.08. The number of nitrogens with one attached hydrogen (secondary N) is 1. The van der Waals surface area contributed by atoms with E-state index in [0.29, 0.717) is 12.1 Å². The van der Waals surface area contributed by atoms with Crippen LogP contribution in [0, 0.1) is 5.82 Å². The molecule has 0 aromatic heterocycles. The van der Waals surface area contributed by atoms with Crippen molar-refractivity contribution in [1.82, 2.24) is 10.2 Å². The van der Waals surface area contributed by atoms with Crippen molar-refractivity contribution in [3.8, 4) is 0 Å². The molecule has 0 aliphatic heterocycles. The largest absolute Gasteiger partial charge is 0.308 e. The van der Waals surface area contributed by atoms with Crippen LogP contribution >= 0.6 is 0 Å². The first-order chi connectivity index (χ1) is 9.66. The zero-order chi connectivity index (χ0) is 14.4. The minimum Gasteiger partial charge on any atom is -0.308 e. The quantitative estimate of drug-likeness (QED) is 0.868. The molecular weight excluding hydrogens is 251 g/mol. The van der Waals surface area contributed by atoms with E-state index in [-0.39, 0.29) is 11.9 Å². The highest BCUT2D eigenvalue weighted by atomic mass is 19.1. The molecule has 0 amide bonds. The summed E-state index contributed by atoms with van der Waals surface area (Å²) in [6.45, 7) is 1.40. The average Bonchev–Trinajstić information content (AvgIpc) is 2.45. The first-order valence-electron chi connectivity index (χ1n) is 6.83. The number of benzene rings is 2. The standard InChI is InChI=1S/C17H21FN2/c1-20(2)13-17(14-8-4-3-5-9-14)19-12-15-10-6-7-11-16(15)18/h3-11,17,19H,12-13H2,1-2H3. The summed E-state index contributed by atoms with van der Waals surface area (Å²) in [5, 5.41) is 3.44. The molecule has 2 nitrogen and oxygen atoms in total. The van der Waals surface area contributed by atoms with Gasteiger partial charge in [-0.05, 0) is 25.7 Å². The van der Waals surface area contributed by atoms with Gasteiger partial charge >= 0.3 is 0 Å². The van der Waals surface area contributed by atoms with Crippen LogP contribution < -0.4 is 5.32 Å². The normalized spacial score (nSPS) is 12.6. The number of rotatable bonds is 6. The van der Waals surface area contributed by atoms with Gasteiger partial charge in [0.05, 0.1) is 0 Å². The Labute approximate surface area is 120 Å². The van der Waals surface area contributed by atoms with Crippen LogP contribution in [0.4, 0.5) is 4.39 Å². The van der Waals surface area contributed by atoms with Gasteiger partial charge in [0.1, 0.15) is 5.82 Å². The molecule has 0 saturated heterocycles. The van der Waals surface area contributed by atoms with E-state index in [2.05, 4.69) is 22.3 Å². The number of nitrogens with zero attached hydrogens (tertiary/aromatic N) is 1. The second-order valence-electron chi connectivity index (χ2n) is 5.20. The fourth-order valence-electron chi connectivity index (χ4n) is 2.21. The van der Waals surface area contributed by atoms with Gasteiger partial charge in [-0.1, -0.05) is 48.5 Å². The Bertz CT molecular complexity index is 526. The van der Waals surface area contributed by atoms with Crippen LogP contribution in [0.5, 0.6) is 0 Å². The van der Waals surface area contributed by atoms with E-state index in [1.165, 1.54) is 11.6 Å². The lowest BCUT2D eigenvalue weighted by molar-refractivity contribution is 0.339. The summed E-state index contributed by atoms with van der Waals surface area (Å²) in [6, 6.07) is 17.4. The smallest absolute Gasteiger partial charge is 0.127 e. The fourth-order valence-corrected chi connectivity index (χ4v) is 2.21. The maximum absolute atomic E-state index is 13.7. The predicted molar refractivity (Wildman–Crippen MR) is 81.0 cm³/mol. The molecule has 0 saturated carbocycles. The summed E-state index contributed by atoms with van der Waals surface area (Å²) in [5.74, 6) is -0.156. The molecule has 0 bridgehead atoms. The highest BCUT2D eigenvalue weighted by Gasteiger charge is 2.12. The van der Waals surface area contributed by atoms with Gasteiger partial charge in [0, 0.05) is 24.7 Å². The topological polar surface area (TPSA) is 15.3 Å². The van der Waals surface area contributed by atoms with Crippen LogP contribution in [0.2, 0.25) is 0 Å². The van der Waals surface area contributed by atoms with Crippen molar-refractivity contribution in [2.45, 2.75) is 12.6 Å². The van der Waals surface area contributed by atoms with Gasteiger partial charge < -0.3 is 10.2 Å². The zero-order valence-electron chi connectivity index (χ0n) is 12.0. The molecule has 20 heavy (non-hydrogen) atoms. The molecule has 1 N–H and O–H groups in total. The lowest BCUT2D eigenvalue weighted by Gasteiger charge is -2.23. The molecule has 0 aliphatic rings. The van der Waals surface area contributed by atoms with Crippen LogP contribution in [0.25, 0.3) is 0 Å². The van der Waals surface area contributed by atoms with Gasteiger partial charge in [-0.2, -0.15) is 0 Å². The lowest BCUT2D eigenvalue weighted by Crippen LogP contribution is -2.31. The molecule has 1 unspecified atom stereocenters. The van der Waals surface area contributed by atoms with E-state index in [1.807, 2.05) is 44.4 Å². The maximum Gasteiger partial charge on any atom is 0.127 e. The van der Waals surface area contributed by atoms with E-state index < -0.39 is 0 Å². The molecule has 1 atom stereocenters. The van der Waals surface area contributed by atoms with Crippen LogP contribution in [-0.4, -0.2) is 25.5 Å². The molecule has 0 spiro atoms. The third-order valence-corrected chi connectivity index (χ3v) is 3.25. The molecule has 0 radical (unpaired) electrons. The Hall–Kier alpha value is -1.71. The fraction of sp³-hybridized carbons (Fsp3) is 0.294. The summed E-state index contributed by atoms with van der Waals surface area (Å²) >= 11 is 0. The van der Waals surface area contributed by atoms with Crippen molar-refractivity contribution < 1.29 is 4.39 Å². The molecule has 2 rings (SSSR count). The van der Waals surface area contributed by atoms with Gasteiger partial charge in [-0.25, -0.2) is 4.39 Å². The second kappa shape index (κ2) is 7.17. The molecule has 2 aromatic carbocycles. The van der Waals surface area contributed by atoms with Crippen molar-refractivity contribution in [3.63, 3.8) is 0 Å². The van der Waals surface area contributed by atoms with E-state index in [4.69, 9.17) is 0 Å². The molecule has 106 valence electrons. The van der Waals surface area contributed by atoms with Crippen LogP contribution in [0.3, 0.4) is 0 Å². The van der Waals surface area contributed by atoms with Gasteiger partial charge in [0.2, 0.25) is 0 Å². The number of halogens is 1. The Kier molecular flexibility index (Phi) is 5.27. The number of hydrogen-bond donors (Lipinski definition) is 1. The summed E-state index contributed by atoms with van der Waals surface area (Å²) in [6.07, 6.45) is 0. The van der Waals surface area contributed by atoms with Crippen LogP contribution in [0.1, 0.15) is 17.2 Å². The minimum atomic E-state index is -0.156. The number of likely N-dealkylation sites (N-methyl/N-ethyl adjacent to an activating group) is 1. The highest BCUT2D eigenvalue weighted by Crippen LogP contribution is 2.15. The average molecular weight is 272 g/mol. The Morgan fingerprint density at radius 2 is 1.65 bits per heavy atom. The molecule has 3 heteroatoms. The van der Waals surface area contributed by atoms with E-state index in [1.54, 1.807) is 6.07 Å². The van der Waals surface area contributed by atoms with E-state index in [0.717, 1.165) is 6.54 Å². The van der Waals surface area contributed by atoms with Crippen molar-refractivity contribution in [3.05, 3.63) is 71.5 Å². The third kappa shape index (κ3) is 4.15. The van der Waals surface area contributed by atoms with Gasteiger partial charge in [0.25, 0.3) is 0 Å². The van der Waals surface area contributed by atoms with Crippen molar-refractivity contribution in [2.24, 2.45) is 0 Å². The third-order valence-electron chi connectivity index (χ3n) is 3.25. The SMILES string of the molecule is CN(C)CC(NCc1ccccc1F)c1ccccc1. The second-order valence-corrected chi connectivity index (χ2v) is 5.20. The van der Waals surface area contributed by atoms with Gasteiger partial charge in [-0.3, -0.25) is 0 Å². The maximum atomic E-state index is 13.7. The zero-order valence-corrected chi connectivity index (χ0v) is 12.0. The Balaban J connectivity index is 2.07. The van der Waals surface area contributed by atoms with Crippen molar-refractivity contribution >= 4 is 0 Å². The monoisotopic (exact) mass is 272 g/mol. The molecule has 0 heterocycles. The van der Waals surface area contributed by atoms with Crippen molar-refractivity contribution in [1.29, 1.82) is 0 Å². The molecule has 0 aliphatic carbocycles. The Morgan fingerprint density at radius 1 is 1.00 bits per heavy atom. The van der Waals surface area contributed by atoms with Crippen LogP contribution in [-0.2, 0) is 6.54 Å². The van der Waals surface area contributed by atoms with E-state index in [9.17, 15) is 4.39 Å². The molecule has 2 aromatic rings. The molecular formula is C17H21FN2. The predicted octanol–water partition coefficient (Wildman–Crippen LogP) is 3.22. The van der Waals surface area contributed by atoms with Crippen molar-refractivity contribution in [2.75, 3.05) is 20.6 Å². The van der Waals surface area contributed by atoms with E-state index >= 15 is 0 Å². The first kappa shape index (κ1) is 14.7. The summed E-state index contributed by atoms with van der Waals surface area (Å²) in [4.78, 5) is 2.13. The summed E-state index contributed by atoms with van der Waals surface area (Å²) in [5.41, 5.74) is 1.92. The lowest BCUT2D eigenvalue weighted by atomic mass is 10.1. The summed E-state index contributed by atoms with van der Waals surface area (Å²) < 4.78 is 13.7. The molecule has 0 fully saturated rings. The Morgan fingerprint density at radius 3 is 2.30 bits per heavy atom. The number of hydrogen-bond acceptors (Lipinski definition) is 2. The highest BCUT2D eigenvalue weighted by molar-refractivity contribution is 5.21. The van der Waals surface area contributed by atoms with Crippen LogP contribution in [0.15, 0.2) is 54.6 Å². The van der Waals surface area contributed by atoms with Gasteiger partial charge in [-0.15, -0.1) is 0 Å².